The molecule has 2 heteroatoms. The number of anilines is 2. The molecule has 0 atom stereocenters. The molecular formula is C32H22N2. The highest BCUT2D eigenvalue weighted by molar-refractivity contribution is 6.14. The van der Waals surface area contributed by atoms with E-state index in [0.29, 0.717) is 0 Å². The van der Waals surface area contributed by atoms with Crippen molar-refractivity contribution in [2.24, 2.45) is 0 Å². The average Bonchev–Trinajstić information content (AvgIpc) is 3.23. The Morgan fingerprint density at radius 2 is 1.09 bits per heavy atom. The highest BCUT2D eigenvalue weighted by Crippen LogP contribution is 2.37. The molecule has 7 aromatic rings. The van der Waals surface area contributed by atoms with E-state index in [1.54, 1.807) is 0 Å². The normalized spacial score (nSPS) is 11.5. The molecule has 1 N–H and O–H groups in total. The first-order valence-corrected chi connectivity index (χ1v) is 11.6. The van der Waals surface area contributed by atoms with Crippen LogP contribution in [0.15, 0.2) is 127 Å². The largest absolute Gasteiger partial charge is 0.355 e. The number of nitrogens with one attached hydrogen (secondary N) is 1. The molecule has 0 spiro atoms. The third kappa shape index (κ3) is 2.89. The van der Waals surface area contributed by atoms with E-state index >= 15 is 0 Å². The lowest BCUT2D eigenvalue weighted by molar-refractivity contribution is 1.18. The fraction of sp³-hybridized carbons (Fsp3) is 0. The maximum Gasteiger partial charge on any atom is 0.0542 e. The molecule has 34 heavy (non-hydrogen) atoms. The summed E-state index contributed by atoms with van der Waals surface area (Å²) in [5.74, 6) is 0. The molecule has 2 nitrogen and oxygen atoms in total. The van der Waals surface area contributed by atoms with Crippen LogP contribution in [0.3, 0.4) is 0 Å². The molecule has 7 rings (SSSR count). The summed E-state index contributed by atoms with van der Waals surface area (Å²) >= 11 is 0. The lowest BCUT2D eigenvalue weighted by Crippen LogP contribution is -1.94. The van der Waals surface area contributed by atoms with Crippen LogP contribution in [0.25, 0.3) is 49.0 Å². The van der Waals surface area contributed by atoms with Gasteiger partial charge in [0.2, 0.25) is 0 Å². The lowest BCUT2D eigenvalue weighted by Gasteiger charge is -2.13. The molecule has 0 aliphatic heterocycles. The van der Waals surface area contributed by atoms with Crippen LogP contribution in [-0.4, -0.2) is 4.57 Å². The molecule has 1 aromatic heterocycles. The van der Waals surface area contributed by atoms with Crippen LogP contribution in [0.5, 0.6) is 0 Å². The number of para-hydroxylation sites is 2. The highest BCUT2D eigenvalue weighted by Gasteiger charge is 2.13. The molecule has 6 aromatic carbocycles. The van der Waals surface area contributed by atoms with Crippen molar-refractivity contribution in [3.05, 3.63) is 127 Å². The SMILES string of the molecule is c1ccc(-n2c3ccccc3c3cc(Nc4cc5ccccc5c5ccccc45)ccc32)cc1. The van der Waals surface area contributed by atoms with E-state index in [1.807, 2.05) is 0 Å². The molecule has 0 saturated carbocycles. The zero-order chi connectivity index (χ0) is 22.5. The average molecular weight is 435 g/mol. The molecule has 0 aliphatic rings. The molecule has 0 radical (unpaired) electrons. The summed E-state index contributed by atoms with van der Waals surface area (Å²) in [6.45, 7) is 0. The number of fused-ring (bicyclic) bond motifs is 6. The predicted molar refractivity (Wildman–Crippen MR) is 146 cm³/mol. The van der Waals surface area contributed by atoms with E-state index in [2.05, 4.69) is 137 Å². The quantitative estimate of drug-likeness (QED) is 0.275. The number of hydrogen-bond donors (Lipinski definition) is 1. The zero-order valence-electron chi connectivity index (χ0n) is 18.6. The second kappa shape index (κ2) is 7.50. The Bertz CT molecular complexity index is 1830. The molecule has 0 unspecified atom stereocenters. The summed E-state index contributed by atoms with van der Waals surface area (Å²) < 4.78 is 2.35. The molecule has 0 fully saturated rings. The minimum absolute atomic E-state index is 1.09. The molecular weight excluding hydrogens is 412 g/mol. The Morgan fingerprint density at radius 3 is 1.94 bits per heavy atom. The first-order chi connectivity index (χ1) is 16.9. The number of benzene rings is 6. The van der Waals surface area contributed by atoms with Crippen LogP contribution in [0.2, 0.25) is 0 Å². The Balaban J connectivity index is 1.43. The van der Waals surface area contributed by atoms with Gasteiger partial charge < -0.3 is 9.88 Å². The number of rotatable bonds is 3. The number of nitrogens with zero attached hydrogens (tertiary/aromatic N) is 1. The molecule has 160 valence electrons. The van der Waals surface area contributed by atoms with Gasteiger partial charge in [-0.05, 0) is 58.6 Å². The van der Waals surface area contributed by atoms with Crippen LogP contribution in [0.1, 0.15) is 0 Å². The van der Waals surface area contributed by atoms with Gasteiger partial charge in [0.05, 0.1) is 11.0 Å². The minimum atomic E-state index is 1.09. The second-order valence-electron chi connectivity index (χ2n) is 8.74. The van der Waals surface area contributed by atoms with Gasteiger partial charge in [-0.3, -0.25) is 0 Å². The van der Waals surface area contributed by atoms with Crippen LogP contribution in [0.4, 0.5) is 11.4 Å². The van der Waals surface area contributed by atoms with Gasteiger partial charge in [0.15, 0.2) is 0 Å². The van der Waals surface area contributed by atoms with Crippen LogP contribution >= 0.6 is 0 Å². The Kier molecular flexibility index (Phi) is 4.18. The van der Waals surface area contributed by atoms with E-state index in [1.165, 1.54) is 49.0 Å². The summed E-state index contributed by atoms with van der Waals surface area (Å²) in [5.41, 5.74) is 5.82. The smallest absolute Gasteiger partial charge is 0.0542 e. The summed E-state index contributed by atoms with van der Waals surface area (Å²) in [6.07, 6.45) is 0. The van der Waals surface area contributed by atoms with Crippen LogP contribution in [0, 0.1) is 0 Å². The van der Waals surface area contributed by atoms with Gasteiger partial charge in [-0.25, -0.2) is 0 Å². The maximum absolute atomic E-state index is 3.74. The third-order valence-corrected chi connectivity index (χ3v) is 6.73. The van der Waals surface area contributed by atoms with Gasteiger partial charge in [-0.2, -0.15) is 0 Å². The van der Waals surface area contributed by atoms with E-state index < -0.39 is 0 Å². The maximum atomic E-state index is 3.74. The fourth-order valence-electron chi connectivity index (χ4n) is 5.22. The monoisotopic (exact) mass is 434 g/mol. The van der Waals surface area contributed by atoms with Crippen LogP contribution in [-0.2, 0) is 0 Å². The van der Waals surface area contributed by atoms with E-state index in [0.717, 1.165) is 11.4 Å². The van der Waals surface area contributed by atoms with Crippen molar-refractivity contribution in [1.29, 1.82) is 0 Å². The second-order valence-corrected chi connectivity index (χ2v) is 8.74. The van der Waals surface area contributed by atoms with Crippen molar-refractivity contribution < 1.29 is 0 Å². The van der Waals surface area contributed by atoms with Crippen molar-refractivity contribution in [1.82, 2.24) is 4.57 Å². The lowest BCUT2D eigenvalue weighted by atomic mass is 10.00. The van der Waals surface area contributed by atoms with Crippen molar-refractivity contribution in [2.75, 3.05) is 5.32 Å². The van der Waals surface area contributed by atoms with Gasteiger partial charge in [0.25, 0.3) is 0 Å². The van der Waals surface area contributed by atoms with E-state index in [-0.39, 0.29) is 0 Å². The van der Waals surface area contributed by atoms with Crippen LogP contribution < -0.4 is 5.32 Å². The number of hydrogen-bond acceptors (Lipinski definition) is 1. The predicted octanol–water partition coefficient (Wildman–Crippen LogP) is 8.83. The molecule has 0 bridgehead atoms. The van der Waals surface area contributed by atoms with Gasteiger partial charge in [0.1, 0.15) is 0 Å². The summed E-state index contributed by atoms with van der Waals surface area (Å²) in [7, 11) is 0. The van der Waals surface area contributed by atoms with E-state index in [9.17, 15) is 0 Å². The van der Waals surface area contributed by atoms with E-state index in [4.69, 9.17) is 0 Å². The Morgan fingerprint density at radius 1 is 0.441 bits per heavy atom. The van der Waals surface area contributed by atoms with Crippen molar-refractivity contribution >= 4 is 54.7 Å². The minimum Gasteiger partial charge on any atom is -0.355 e. The zero-order valence-corrected chi connectivity index (χ0v) is 18.6. The first kappa shape index (κ1) is 19.0. The molecule has 0 aliphatic carbocycles. The molecule has 1 heterocycles. The standard InChI is InChI=1S/C32H22N2/c1-2-11-24(12-3-1)34-31-17-9-8-16-28(31)29-21-23(18-19-32(29)34)33-30-20-22-10-4-5-13-25(22)26-14-6-7-15-27(26)30/h1-21,33H. The van der Waals surface area contributed by atoms with Gasteiger partial charge in [-0.1, -0.05) is 84.9 Å². The molecule has 0 amide bonds. The summed E-state index contributed by atoms with van der Waals surface area (Å²) in [6, 6.07) is 45.4. The Hall–Kier alpha value is -4.56. The third-order valence-electron chi connectivity index (χ3n) is 6.73. The van der Waals surface area contributed by atoms with Gasteiger partial charge in [0, 0.05) is 33.2 Å². The van der Waals surface area contributed by atoms with Crippen molar-refractivity contribution in [3.63, 3.8) is 0 Å². The number of aromatic nitrogens is 1. The topological polar surface area (TPSA) is 17.0 Å². The van der Waals surface area contributed by atoms with Crippen molar-refractivity contribution in [3.8, 4) is 5.69 Å². The summed E-state index contributed by atoms with van der Waals surface area (Å²) in [4.78, 5) is 0. The fourth-order valence-corrected chi connectivity index (χ4v) is 5.22. The first-order valence-electron chi connectivity index (χ1n) is 11.6. The van der Waals surface area contributed by atoms with Crippen molar-refractivity contribution in [2.45, 2.75) is 0 Å². The van der Waals surface area contributed by atoms with Gasteiger partial charge in [-0.15, -0.1) is 0 Å². The molecule has 0 saturated heterocycles. The van der Waals surface area contributed by atoms with Gasteiger partial charge >= 0.3 is 0 Å². The highest BCUT2D eigenvalue weighted by atomic mass is 15.0. The Labute approximate surface area is 197 Å². The summed E-state index contributed by atoms with van der Waals surface area (Å²) in [5, 5.41) is 11.3.